The normalized spacial score (nSPS) is 28.1. The van der Waals surface area contributed by atoms with E-state index in [0.29, 0.717) is 23.8 Å². The molecule has 162 valence electrons. The average molecular weight is 411 g/mol. The Morgan fingerprint density at radius 3 is 1.90 bits per heavy atom. The fourth-order valence-corrected chi connectivity index (χ4v) is 5.22. The standard InChI is InChI=1S/C25H34F4/c26-15-3-1-2-4-18-5-7-19(8-6-18)9-10-20-11-13-21(14-12-20)22-16-23(27)25(29)24(28)17-22/h2,4,16-21H,1,3,5-15H2. The number of allylic oxidation sites excluding steroid dienone is 2. The summed E-state index contributed by atoms with van der Waals surface area (Å²) in [5.74, 6) is -1.16. The molecule has 3 rings (SSSR count). The van der Waals surface area contributed by atoms with Gasteiger partial charge in [-0.25, -0.2) is 13.2 Å². The predicted molar refractivity (Wildman–Crippen MR) is 110 cm³/mol. The Balaban J connectivity index is 1.35. The van der Waals surface area contributed by atoms with Gasteiger partial charge < -0.3 is 0 Å². The molecule has 0 bridgehead atoms. The first kappa shape index (κ1) is 22.4. The molecule has 0 saturated heterocycles. The maximum atomic E-state index is 13.5. The lowest BCUT2D eigenvalue weighted by atomic mass is 9.74. The molecule has 2 aliphatic carbocycles. The van der Waals surface area contributed by atoms with Gasteiger partial charge >= 0.3 is 0 Å². The zero-order valence-electron chi connectivity index (χ0n) is 17.3. The van der Waals surface area contributed by atoms with Crippen LogP contribution in [-0.2, 0) is 0 Å². The highest BCUT2D eigenvalue weighted by Crippen LogP contribution is 2.40. The molecule has 0 N–H and O–H groups in total. The first-order chi connectivity index (χ1) is 14.1. The van der Waals surface area contributed by atoms with Gasteiger partial charge in [-0.05, 0) is 106 Å². The van der Waals surface area contributed by atoms with E-state index in [2.05, 4.69) is 12.2 Å². The van der Waals surface area contributed by atoms with Crippen molar-refractivity contribution in [1.82, 2.24) is 0 Å². The third-order valence-corrected chi connectivity index (χ3v) is 7.11. The predicted octanol–water partition coefficient (Wildman–Crippen LogP) is 8.27. The minimum Gasteiger partial charge on any atom is -0.251 e. The molecule has 4 heteroatoms. The molecule has 0 aliphatic heterocycles. The summed E-state index contributed by atoms with van der Waals surface area (Å²) >= 11 is 0. The Hall–Kier alpha value is -1.32. The SMILES string of the molecule is FCCCC=CC1CCC(CCC2CCC(c3cc(F)c(F)c(F)c3)CC2)CC1. The summed E-state index contributed by atoms with van der Waals surface area (Å²) in [5.41, 5.74) is 0.609. The van der Waals surface area contributed by atoms with Crippen molar-refractivity contribution in [3.05, 3.63) is 47.3 Å². The highest BCUT2D eigenvalue weighted by atomic mass is 19.2. The average Bonchev–Trinajstić information content (AvgIpc) is 2.74. The summed E-state index contributed by atoms with van der Waals surface area (Å²) in [6, 6.07) is 2.35. The van der Waals surface area contributed by atoms with Crippen molar-refractivity contribution in [3.63, 3.8) is 0 Å². The third-order valence-electron chi connectivity index (χ3n) is 7.11. The molecule has 2 fully saturated rings. The highest BCUT2D eigenvalue weighted by Gasteiger charge is 2.26. The van der Waals surface area contributed by atoms with Crippen LogP contribution in [0.3, 0.4) is 0 Å². The fraction of sp³-hybridized carbons (Fsp3) is 0.680. The van der Waals surface area contributed by atoms with Crippen LogP contribution in [-0.4, -0.2) is 6.67 Å². The van der Waals surface area contributed by atoms with Crippen LogP contribution in [0.2, 0.25) is 0 Å². The summed E-state index contributed by atoms with van der Waals surface area (Å²) in [6.45, 7) is -0.226. The molecule has 0 spiro atoms. The molecule has 1 aromatic rings. The van der Waals surface area contributed by atoms with E-state index in [1.807, 2.05) is 0 Å². The Bertz CT molecular complexity index is 630. The fourth-order valence-electron chi connectivity index (χ4n) is 5.22. The van der Waals surface area contributed by atoms with Gasteiger partial charge in [0, 0.05) is 0 Å². The summed E-state index contributed by atoms with van der Waals surface area (Å²) in [7, 11) is 0. The van der Waals surface area contributed by atoms with Crippen LogP contribution in [0.1, 0.15) is 88.5 Å². The molecule has 2 saturated carbocycles. The van der Waals surface area contributed by atoms with Crippen molar-refractivity contribution in [2.45, 2.75) is 83.0 Å². The highest BCUT2D eigenvalue weighted by molar-refractivity contribution is 5.23. The first-order valence-electron chi connectivity index (χ1n) is 11.4. The quantitative estimate of drug-likeness (QED) is 0.175. The first-order valence-corrected chi connectivity index (χ1v) is 11.4. The van der Waals surface area contributed by atoms with Crippen LogP contribution in [0.25, 0.3) is 0 Å². The summed E-state index contributed by atoms with van der Waals surface area (Å²) < 4.78 is 52.3. The van der Waals surface area contributed by atoms with E-state index in [1.165, 1.54) is 50.7 Å². The number of alkyl halides is 1. The van der Waals surface area contributed by atoms with Crippen molar-refractivity contribution in [1.29, 1.82) is 0 Å². The van der Waals surface area contributed by atoms with Crippen molar-refractivity contribution in [2.75, 3.05) is 6.67 Å². The Labute approximate surface area is 172 Å². The molecule has 29 heavy (non-hydrogen) atoms. The smallest absolute Gasteiger partial charge is 0.194 e. The summed E-state index contributed by atoms with van der Waals surface area (Å²) in [4.78, 5) is 0. The molecule has 2 aliphatic rings. The lowest BCUT2D eigenvalue weighted by Gasteiger charge is -2.31. The van der Waals surface area contributed by atoms with E-state index < -0.39 is 17.5 Å². The number of hydrogen-bond acceptors (Lipinski definition) is 0. The van der Waals surface area contributed by atoms with Crippen molar-refractivity contribution >= 4 is 0 Å². The van der Waals surface area contributed by atoms with E-state index in [9.17, 15) is 17.6 Å². The molecule has 0 unspecified atom stereocenters. The number of rotatable bonds is 8. The van der Waals surface area contributed by atoms with Crippen molar-refractivity contribution in [2.24, 2.45) is 17.8 Å². The molecular weight excluding hydrogens is 376 g/mol. The Morgan fingerprint density at radius 2 is 1.34 bits per heavy atom. The maximum Gasteiger partial charge on any atom is 0.194 e. The lowest BCUT2D eigenvalue weighted by molar-refractivity contribution is 0.245. The monoisotopic (exact) mass is 410 g/mol. The molecule has 0 amide bonds. The van der Waals surface area contributed by atoms with Crippen LogP contribution < -0.4 is 0 Å². The van der Waals surface area contributed by atoms with Gasteiger partial charge in [0.05, 0.1) is 6.67 Å². The number of halogens is 4. The second-order valence-corrected chi connectivity index (χ2v) is 9.13. The zero-order chi connectivity index (χ0) is 20.6. The molecule has 0 radical (unpaired) electrons. The molecule has 0 nitrogen and oxygen atoms in total. The van der Waals surface area contributed by atoms with E-state index in [4.69, 9.17) is 0 Å². The van der Waals surface area contributed by atoms with Gasteiger partial charge in [-0.15, -0.1) is 0 Å². The lowest BCUT2D eigenvalue weighted by Crippen LogP contribution is -2.17. The zero-order valence-corrected chi connectivity index (χ0v) is 17.3. The molecular formula is C25H34F4. The van der Waals surface area contributed by atoms with Crippen LogP contribution in [0.5, 0.6) is 0 Å². The van der Waals surface area contributed by atoms with E-state index >= 15 is 0 Å². The van der Waals surface area contributed by atoms with Crippen LogP contribution in [0, 0.1) is 35.2 Å². The summed E-state index contributed by atoms with van der Waals surface area (Å²) in [5, 5.41) is 0. The van der Waals surface area contributed by atoms with E-state index in [-0.39, 0.29) is 12.6 Å². The van der Waals surface area contributed by atoms with Gasteiger partial charge in [-0.2, -0.15) is 0 Å². The molecule has 0 atom stereocenters. The van der Waals surface area contributed by atoms with E-state index in [0.717, 1.165) is 38.0 Å². The number of benzene rings is 1. The van der Waals surface area contributed by atoms with Gasteiger partial charge in [0.15, 0.2) is 17.5 Å². The molecule has 0 aromatic heterocycles. The van der Waals surface area contributed by atoms with Gasteiger partial charge in [-0.1, -0.05) is 25.0 Å². The maximum absolute atomic E-state index is 13.5. The van der Waals surface area contributed by atoms with Gasteiger partial charge in [-0.3, -0.25) is 4.39 Å². The van der Waals surface area contributed by atoms with Gasteiger partial charge in [0.25, 0.3) is 0 Å². The number of unbranched alkanes of at least 4 members (excludes halogenated alkanes) is 1. The van der Waals surface area contributed by atoms with Crippen LogP contribution >= 0.6 is 0 Å². The minimum absolute atomic E-state index is 0.149. The Kier molecular flexibility index (Phi) is 8.62. The Morgan fingerprint density at radius 1 is 0.793 bits per heavy atom. The summed E-state index contributed by atoms with van der Waals surface area (Å²) in [6.07, 6.45) is 17.6. The topological polar surface area (TPSA) is 0 Å². The largest absolute Gasteiger partial charge is 0.251 e. The number of hydrogen-bond donors (Lipinski definition) is 0. The van der Waals surface area contributed by atoms with Crippen LogP contribution in [0.4, 0.5) is 17.6 Å². The molecule has 1 aromatic carbocycles. The third kappa shape index (κ3) is 6.58. The molecule has 0 heterocycles. The van der Waals surface area contributed by atoms with Crippen LogP contribution in [0.15, 0.2) is 24.3 Å². The minimum atomic E-state index is -1.37. The van der Waals surface area contributed by atoms with Gasteiger partial charge in [0.1, 0.15) is 0 Å². The van der Waals surface area contributed by atoms with Gasteiger partial charge in [0.2, 0.25) is 0 Å². The van der Waals surface area contributed by atoms with Crippen molar-refractivity contribution in [3.8, 4) is 0 Å². The second kappa shape index (κ2) is 11.2. The van der Waals surface area contributed by atoms with E-state index in [1.54, 1.807) is 0 Å². The van der Waals surface area contributed by atoms with Crippen molar-refractivity contribution < 1.29 is 17.6 Å². The second-order valence-electron chi connectivity index (χ2n) is 9.13.